The summed E-state index contributed by atoms with van der Waals surface area (Å²) in [5.74, 6) is -0.405. The lowest BCUT2D eigenvalue weighted by molar-refractivity contribution is -0.118. The first-order valence-electron chi connectivity index (χ1n) is 6.09. The number of benzene rings is 1. The molecule has 0 saturated carbocycles. The summed E-state index contributed by atoms with van der Waals surface area (Å²) in [4.78, 5) is 21.9. The summed E-state index contributed by atoms with van der Waals surface area (Å²) in [6, 6.07) is 6.13. The van der Waals surface area contributed by atoms with Crippen LogP contribution in [-0.4, -0.2) is 31.6 Å². The van der Waals surface area contributed by atoms with Crippen molar-refractivity contribution in [3.63, 3.8) is 0 Å². The van der Waals surface area contributed by atoms with Crippen LogP contribution >= 0.6 is 0 Å². The van der Waals surface area contributed by atoms with Gasteiger partial charge in [0.2, 0.25) is 5.91 Å². The summed E-state index contributed by atoms with van der Waals surface area (Å²) >= 11 is 0. The Balaban J connectivity index is 2.14. The van der Waals surface area contributed by atoms with Gasteiger partial charge in [-0.25, -0.2) is 9.18 Å². The van der Waals surface area contributed by atoms with Gasteiger partial charge in [0.05, 0.1) is 0 Å². The number of urea groups is 1. The predicted molar refractivity (Wildman–Crippen MR) is 70.2 cm³/mol. The van der Waals surface area contributed by atoms with Crippen molar-refractivity contribution in [1.82, 2.24) is 16.0 Å². The molecule has 0 aliphatic carbocycles. The van der Waals surface area contributed by atoms with E-state index in [0.29, 0.717) is 31.6 Å². The Kier molecular flexibility index (Phi) is 6.35. The van der Waals surface area contributed by atoms with E-state index in [0.717, 1.165) is 0 Å². The van der Waals surface area contributed by atoms with Crippen LogP contribution in [0.15, 0.2) is 24.3 Å². The first-order chi connectivity index (χ1) is 9.09. The smallest absolute Gasteiger partial charge is 0.314 e. The summed E-state index contributed by atoms with van der Waals surface area (Å²) in [6.07, 6.45) is 0.436. The van der Waals surface area contributed by atoms with E-state index in [-0.39, 0.29) is 17.8 Å². The molecule has 104 valence electrons. The van der Waals surface area contributed by atoms with Crippen LogP contribution in [0.4, 0.5) is 9.18 Å². The second-order valence-corrected chi connectivity index (χ2v) is 4.01. The Labute approximate surface area is 111 Å². The largest absolute Gasteiger partial charge is 0.355 e. The molecule has 0 unspecified atom stereocenters. The number of amides is 3. The minimum absolute atomic E-state index is 0.137. The van der Waals surface area contributed by atoms with Gasteiger partial charge < -0.3 is 16.0 Å². The Morgan fingerprint density at radius 2 is 1.68 bits per heavy atom. The highest BCUT2D eigenvalue weighted by Gasteiger charge is 2.02. The SMILES string of the molecule is CC(=O)NCCNC(=O)NCCc1ccccc1F. The van der Waals surface area contributed by atoms with Crippen LogP contribution in [0.1, 0.15) is 12.5 Å². The fraction of sp³-hybridized carbons (Fsp3) is 0.385. The van der Waals surface area contributed by atoms with E-state index in [1.165, 1.54) is 13.0 Å². The minimum Gasteiger partial charge on any atom is -0.355 e. The Morgan fingerprint density at radius 3 is 2.37 bits per heavy atom. The van der Waals surface area contributed by atoms with E-state index in [4.69, 9.17) is 0 Å². The molecule has 0 aliphatic heterocycles. The average molecular weight is 267 g/mol. The third kappa shape index (κ3) is 6.40. The van der Waals surface area contributed by atoms with Crippen molar-refractivity contribution in [2.24, 2.45) is 0 Å². The molecule has 0 saturated heterocycles. The molecule has 0 fully saturated rings. The molecule has 0 aliphatic rings. The predicted octanol–water partition coefficient (Wildman–Crippen LogP) is 0.803. The van der Waals surface area contributed by atoms with E-state index in [2.05, 4.69) is 16.0 Å². The van der Waals surface area contributed by atoms with Gasteiger partial charge in [0, 0.05) is 26.6 Å². The molecule has 3 amide bonds. The Hall–Kier alpha value is -2.11. The first kappa shape index (κ1) is 14.9. The molecule has 5 nitrogen and oxygen atoms in total. The number of hydrogen-bond donors (Lipinski definition) is 3. The maximum absolute atomic E-state index is 13.3. The van der Waals surface area contributed by atoms with E-state index in [1.54, 1.807) is 18.2 Å². The van der Waals surface area contributed by atoms with E-state index < -0.39 is 0 Å². The summed E-state index contributed by atoms with van der Waals surface area (Å²) in [5.41, 5.74) is 0.570. The van der Waals surface area contributed by atoms with Gasteiger partial charge in [0.1, 0.15) is 5.82 Å². The van der Waals surface area contributed by atoms with Gasteiger partial charge >= 0.3 is 6.03 Å². The molecule has 0 spiro atoms. The fourth-order valence-corrected chi connectivity index (χ4v) is 1.49. The van der Waals surface area contributed by atoms with Crippen LogP contribution in [-0.2, 0) is 11.2 Å². The van der Waals surface area contributed by atoms with Crippen molar-refractivity contribution < 1.29 is 14.0 Å². The van der Waals surface area contributed by atoms with Crippen molar-refractivity contribution in [2.45, 2.75) is 13.3 Å². The molecule has 0 bridgehead atoms. The molecule has 1 rings (SSSR count). The van der Waals surface area contributed by atoms with Gasteiger partial charge in [0.15, 0.2) is 0 Å². The molecule has 0 atom stereocenters. The van der Waals surface area contributed by atoms with Crippen molar-refractivity contribution >= 4 is 11.9 Å². The summed E-state index contributed by atoms with van der Waals surface area (Å²) in [7, 11) is 0. The molecular weight excluding hydrogens is 249 g/mol. The van der Waals surface area contributed by atoms with Crippen LogP contribution in [0, 0.1) is 5.82 Å². The maximum Gasteiger partial charge on any atom is 0.314 e. The fourth-order valence-electron chi connectivity index (χ4n) is 1.49. The third-order valence-electron chi connectivity index (χ3n) is 2.42. The van der Waals surface area contributed by atoms with Crippen LogP contribution in [0.5, 0.6) is 0 Å². The number of halogens is 1. The summed E-state index contributed by atoms with van der Waals surface area (Å²) in [6.45, 7) is 2.50. The minimum atomic E-state index is -0.332. The topological polar surface area (TPSA) is 70.2 Å². The molecule has 19 heavy (non-hydrogen) atoms. The lowest BCUT2D eigenvalue weighted by Crippen LogP contribution is -2.40. The van der Waals surface area contributed by atoms with Crippen LogP contribution in [0.3, 0.4) is 0 Å². The highest BCUT2D eigenvalue weighted by molar-refractivity contribution is 5.74. The highest BCUT2D eigenvalue weighted by Crippen LogP contribution is 2.05. The van der Waals surface area contributed by atoms with Gasteiger partial charge in [-0.3, -0.25) is 4.79 Å². The second-order valence-electron chi connectivity index (χ2n) is 4.01. The average Bonchev–Trinajstić information content (AvgIpc) is 2.37. The van der Waals surface area contributed by atoms with Crippen molar-refractivity contribution in [1.29, 1.82) is 0 Å². The number of carbonyl (C=O) groups is 2. The van der Waals surface area contributed by atoms with Crippen LogP contribution in [0.25, 0.3) is 0 Å². The molecule has 6 heteroatoms. The molecule has 3 N–H and O–H groups in total. The highest BCUT2D eigenvalue weighted by atomic mass is 19.1. The molecule has 0 radical (unpaired) electrons. The summed E-state index contributed by atoms with van der Waals surface area (Å²) in [5, 5.41) is 7.76. The molecular formula is C13H18FN3O2. The van der Waals surface area contributed by atoms with Gasteiger partial charge in [0.25, 0.3) is 0 Å². The van der Waals surface area contributed by atoms with Crippen molar-refractivity contribution in [3.8, 4) is 0 Å². The normalized spacial score (nSPS) is 9.79. The maximum atomic E-state index is 13.3. The van der Waals surface area contributed by atoms with Gasteiger partial charge in [-0.15, -0.1) is 0 Å². The lowest BCUT2D eigenvalue weighted by Gasteiger charge is -2.08. The standard InChI is InChI=1S/C13H18FN3O2/c1-10(18)15-8-9-17-13(19)16-7-6-11-4-2-3-5-12(11)14/h2-5H,6-9H2,1H3,(H,15,18)(H2,16,17,19). The van der Waals surface area contributed by atoms with Crippen LogP contribution < -0.4 is 16.0 Å². The van der Waals surface area contributed by atoms with Gasteiger partial charge in [-0.05, 0) is 18.1 Å². The van der Waals surface area contributed by atoms with E-state index in [9.17, 15) is 14.0 Å². The van der Waals surface area contributed by atoms with Crippen LogP contribution in [0.2, 0.25) is 0 Å². The zero-order valence-corrected chi connectivity index (χ0v) is 10.8. The summed E-state index contributed by atoms with van der Waals surface area (Å²) < 4.78 is 13.3. The number of nitrogens with one attached hydrogen (secondary N) is 3. The molecule has 0 heterocycles. The Bertz CT molecular complexity index is 438. The van der Waals surface area contributed by atoms with Gasteiger partial charge in [-0.1, -0.05) is 18.2 Å². The molecule has 0 aromatic heterocycles. The quantitative estimate of drug-likeness (QED) is 0.667. The van der Waals surface area contributed by atoms with Gasteiger partial charge in [-0.2, -0.15) is 0 Å². The van der Waals surface area contributed by atoms with E-state index in [1.807, 2.05) is 0 Å². The third-order valence-corrected chi connectivity index (χ3v) is 2.42. The van der Waals surface area contributed by atoms with E-state index >= 15 is 0 Å². The number of hydrogen-bond acceptors (Lipinski definition) is 2. The monoisotopic (exact) mass is 267 g/mol. The first-order valence-corrected chi connectivity index (χ1v) is 6.09. The van der Waals surface area contributed by atoms with Crippen molar-refractivity contribution in [3.05, 3.63) is 35.6 Å². The molecule has 1 aromatic carbocycles. The van der Waals surface area contributed by atoms with Crippen molar-refractivity contribution in [2.75, 3.05) is 19.6 Å². The Morgan fingerprint density at radius 1 is 1.05 bits per heavy atom. The second kappa shape index (κ2) is 8.07. The number of rotatable bonds is 6. The number of carbonyl (C=O) groups excluding carboxylic acids is 2. The zero-order valence-electron chi connectivity index (χ0n) is 10.8. The molecule has 1 aromatic rings. The lowest BCUT2D eigenvalue weighted by atomic mass is 10.1. The zero-order chi connectivity index (χ0) is 14.1.